The fraction of sp³-hybridized carbons (Fsp3) is 0.211. The molecule has 124 valence electrons. The first-order valence-electron chi connectivity index (χ1n) is 7.57. The van der Waals surface area contributed by atoms with E-state index in [1.807, 2.05) is 37.3 Å². The largest absolute Gasteiger partial charge is 0.496 e. The van der Waals surface area contributed by atoms with Crippen molar-refractivity contribution in [3.63, 3.8) is 0 Å². The van der Waals surface area contributed by atoms with E-state index in [9.17, 15) is 9.59 Å². The van der Waals surface area contributed by atoms with Gasteiger partial charge in [-0.1, -0.05) is 40.2 Å². The molecule has 5 heteroatoms. The molecule has 4 nitrogen and oxygen atoms in total. The molecule has 0 spiro atoms. The highest BCUT2D eigenvalue weighted by atomic mass is 79.9. The molecule has 0 fully saturated rings. The van der Waals surface area contributed by atoms with Crippen LogP contribution in [0.1, 0.15) is 18.9 Å². The van der Waals surface area contributed by atoms with Crippen LogP contribution in [0.5, 0.6) is 5.75 Å². The summed E-state index contributed by atoms with van der Waals surface area (Å²) in [5.74, 6) is -0.0174. The smallest absolute Gasteiger partial charge is 0.211 e. The van der Waals surface area contributed by atoms with Crippen LogP contribution in [0.3, 0.4) is 0 Å². The Balaban J connectivity index is 2.30. The van der Waals surface area contributed by atoms with Crippen LogP contribution in [0.15, 0.2) is 57.5 Å². The van der Waals surface area contributed by atoms with Crippen molar-refractivity contribution in [1.29, 1.82) is 0 Å². The summed E-state index contributed by atoms with van der Waals surface area (Å²) in [4.78, 5) is 29.2. The van der Waals surface area contributed by atoms with Crippen molar-refractivity contribution in [2.24, 2.45) is 4.99 Å². The van der Waals surface area contributed by atoms with E-state index in [4.69, 9.17) is 4.74 Å². The number of methoxy groups -OCH3 is 1. The van der Waals surface area contributed by atoms with Gasteiger partial charge >= 0.3 is 0 Å². The van der Waals surface area contributed by atoms with Crippen LogP contribution in [0, 0.1) is 0 Å². The van der Waals surface area contributed by atoms with E-state index in [2.05, 4.69) is 20.9 Å². The van der Waals surface area contributed by atoms with Gasteiger partial charge in [-0.15, -0.1) is 0 Å². The maximum atomic E-state index is 12.5. The maximum Gasteiger partial charge on any atom is 0.211 e. The molecule has 0 radical (unpaired) electrons. The zero-order chi connectivity index (χ0) is 17.5. The minimum absolute atomic E-state index is 0.106. The van der Waals surface area contributed by atoms with Gasteiger partial charge in [-0.05, 0) is 31.2 Å². The number of hydrogen-bond acceptors (Lipinski definition) is 4. The van der Waals surface area contributed by atoms with Gasteiger partial charge in [0.2, 0.25) is 5.78 Å². The molecule has 0 saturated carbocycles. The first-order chi connectivity index (χ1) is 11.6. The molecule has 0 N–H and O–H groups in total. The van der Waals surface area contributed by atoms with Crippen molar-refractivity contribution in [2.45, 2.75) is 13.3 Å². The van der Waals surface area contributed by atoms with Gasteiger partial charge in [0.15, 0.2) is 5.78 Å². The number of benzene rings is 1. The SMILES string of the molecule is CCN=C1CC=C(Br)C=C(C(=O)/C=C/c2ccccc2OC)C1=O. The highest BCUT2D eigenvalue weighted by molar-refractivity contribution is 9.11. The van der Waals surface area contributed by atoms with Crippen molar-refractivity contribution in [3.05, 3.63) is 58.1 Å². The predicted octanol–water partition coefficient (Wildman–Crippen LogP) is 3.92. The Morgan fingerprint density at radius 1 is 1.38 bits per heavy atom. The Morgan fingerprint density at radius 2 is 2.12 bits per heavy atom. The van der Waals surface area contributed by atoms with Crippen LogP contribution in [0.2, 0.25) is 0 Å². The van der Waals surface area contributed by atoms with Gasteiger partial charge in [0, 0.05) is 23.0 Å². The molecular formula is C19H18BrNO3. The van der Waals surface area contributed by atoms with Crippen molar-refractivity contribution < 1.29 is 14.3 Å². The zero-order valence-corrected chi connectivity index (χ0v) is 15.2. The van der Waals surface area contributed by atoms with Gasteiger partial charge in [0.25, 0.3) is 0 Å². The van der Waals surface area contributed by atoms with E-state index in [1.165, 1.54) is 6.08 Å². The van der Waals surface area contributed by atoms with E-state index < -0.39 is 0 Å². The van der Waals surface area contributed by atoms with Crippen molar-refractivity contribution in [3.8, 4) is 5.75 Å². The average Bonchev–Trinajstić information content (AvgIpc) is 2.73. The van der Waals surface area contributed by atoms with Gasteiger partial charge in [0.1, 0.15) is 5.75 Å². The number of rotatable bonds is 5. The number of nitrogens with zero attached hydrogens (tertiary/aromatic N) is 1. The van der Waals surface area contributed by atoms with E-state index in [0.717, 1.165) is 5.56 Å². The number of carbonyl (C=O) groups excluding carboxylic acids is 2. The molecule has 0 unspecified atom stereocenters. The van der Waals surface area contributed by atoms with E-state index in [1.54, 1.807) is 19.3 Å². The second-order valence-corrected chi connectivity index (χ2v) is 5.96. The molecule has 0 saturated heterocycles. The van der Waals surface area contributed by atoms with E-state index >= 15 is 0 Å². The second kappa shape index (κ2) is 8.55. The standard InChI is InChI=1S/C19H18BrNO3/c1-3-21-16-10-9-14(20)12-15(19(16)23)17(22)11-8-13-6-4-5-7-18(13)24-2/h4-9,11-12H,3,10H2,1-2H3/b11-8+,21-16?. The fourth-order valence-electron chi connectivity index (χ4n) is 2.27. The van der Waals surface area contributed by atoms with Gasteiger partial charge in [0.05, 0.1) is 18.4 Å². The maximum absolute atomic E-state index is 12.5. The van der Waals surface area contributed by atoms with Crippen molar-refractivity contribution in [2.75, 3.05) is 13.7 Å². The summed E-state index contributed by atoms with van der Waals surface area (Å²) in [6.45, 7) is 2.36. The van der Waals surface area contributed by atoms with E-state index in [0.29, 0.717) is 28.9 Å². The van der Waals surface area contributed by atoms with Gasteiger partial charge < -0.3 is 4.74 Å². The summed E-state index contributed by atoms with van der Waals surface area (Å²) in [6.07, 6.45) is 6.83. The Hall–Kier alpha value is -2.27. The number of carbonyl (C=O) groups is 2. The lowest BCUT2D eigenvalue weighted by Gasteiger charge is -2.04. The summed E-state index contributed by atoms with van der Waals surface area (Å²) in [7, 11) is 1.57. The second-order valence-electron chi connectivity index (χ2n) is 5.04. The number of ketones is 2. The molecule has 0 aromatic heterocycles. The topological polar surface area (TPSA) is 55.7 Å². The number of para-hydroxylation sites is 1. The number of allylic oxidation sites excluding steroid dienone is 5. The Bertz CT molecular complexity index is 773. The van der Waals surface area contributed by atoms with E-state index in [-0.39, 0.29) is 17.1 Å². The normalized spacial score (nSPS) is 16.8. The summed E-state index contributed by atoms with van der Waals surface area (Å²) in [5.41, 5.74) is 1.28. The molecule has 1 aromatic rings. The van der Waals surface area contributed by atoms with Crippen LogP contribution < -0.4 is 4.74 Å². The lowest BCUT2D eigenvalue weighted by Crippen LogP contribution is -2.20. The van der Waals surface area contributed by atoms with Crippen molar-refractivity contribution in [1.82, 2.24) is 0 Å². The number of hydrogen-bond donors (Lipinski definition) is 0. The molecule has 1 aromatic carbocycles. The summed E-state index contributed by atoms with van der Waals surface area (Å²) < 4.78 is 5.95. The molecule has 0 bridgehead atoms. The number of Topliss-reactive ketones (excluding diaryl/α,β-unsaturated/α-hetero) is 1. The Morgan fingerprint density at radius 3 is 2.83 bits per heavy atom. The third-order valence-corrected chi connectivity index (χ3v) is 4.00. The Kier molecular flexibility index (Phi) is 6.44. The van der Waals surface area contributed by atoms with Crippen molar-refractivity contribution >= 4 is 39.3 Å². The molecular weight excluding hydrogens is 370 g/mol. The monoisotopic (exact) mass is 387 g/mol. The number of aliphatic imine (C=N–C) groups is 1. The first kappa shape index (κ1) is 18.1. The Labute approximate surface area is 149 Å². The third kappa shape index (κ3) is 4.38. The highest BCUT2D eigenvalue weighted by Crippen LogP contribution is 2.21. The highest BCUT2D eigenvalue weighted by Gasteiger charge is 2.23. The zero-order valence-electron chi connectivity index (χ0n) is 13.6. The average molecular weight is 388 g/mol. The summed E-state index contributed by atoms with van der Waals surface area (Å²) >= 11 is 3.35. The number of ether oxygens (including phenoxy) is 1. The molecule has 1 aliphatic rings. The molecule has 0 aliphatic heterocycles. The fourth-order valence-corrected chi connectivity index (χ4v) is 2.67. The molecule has 0 atom stereocenters. The first-order valence-corrected chi connectivity index (χ1v) is 8.37. The van der Waals surface area contributed by atoms with Gasteiger partial charge in [-0.3, -0.25) is 14.6 Å². The molecule has 0 amide bonds. The number of halogens is 1. The molecule has 0 heterocycles. The van der Waals surface area contributed by atoms with Crippen LogP contribution in [-0.4, -0.2) is 30.9 Å². The summed E-state index contributed by atoms with van der Waals surface area (Å²) in [5, 5.41) is 0. The lowest BCUT2D eigenvalue weighted by atomic mass is 10.0. The minimum atomic E-state index is -0.359. The molecule has 1 aliphatic carbocycles. The minimum Gasteiger partial charge on any atom is -0.496 e. The van der Waals surface area contributed by atoms with Crippen LogP contribution >= 0.6 is 15.9 Å². The predicted molar refractivity (Wildman–Crippen MR) is 99.7 cm³/mol. The van der Waals surface area contributed by atoms with Crippen LogP contribution in [0.4, 0.5) is 0 Å². The quantitative estimate of drug-likeness (QED) is 0.568. The summed E-state index contributed by atoms with van der Waals surface area (Å²) in [6, 6.07) is 7.36. The van der Waals surface area contributed by atoms with Crippen LogP contribution in [0.25, 0.3) is 6.08 Å². The molecule has 2 rings (SSSR count). The molecule has 24 heavy (non-hydrogen) atoms. The lowest BCUT2D eigenvalue weighted by molar-refractivity contribution is -0.116. The third-order valence-electron chi connectivity index (χ3n) is 3.45. The van der Waals surface area contributed by atoms with Crippen LogP contribution in [-0.2, 0) is 9.59 Å². The van der Waals surface area contributed by atoms with Gasteiger partial charge in [-0.25, -0.2) is 0 Å². The van der Waals surface area contributed by atoms with Gasteiger partial charge in [-0.2, -0.15) is 0 Å².